The molecule has 0 aliphatic heterocycles. The number of hydrogen-bond acceptors (Lipinski definition) is 7. The Morgan fingerprint density at radius 2 is 1.02 bits per heavy atom. The number of esters is 2. The summed E-state index contributed by atoms with van der Waals surface area (Å²) in [6, 6.07) is 0. The van der Waals surface area contributed by atoms with Gasteiger partial charge < -0.3 is 18.9 Å². The largest absolute Gasteiger partial charge is 0.472 e. The third kappa shape index (κ3) is 40.6. The van der Waals surface area contributed by atoms with Gasteiger partial charge in [-0.25, -0.2) is 4.57 Å². The van der Waals surface area contributed by atoms with Gasteiger partial charge in [0.2, 0.25) is 0 Å². The van der Waals surface area contributed by atoms with Gasteiger partial charge in [-0.3, -0.25) is 18.6 Å². The van der Waals surface area contributed by atoms with Gasteiger partial charge in [-0.05, 0) is 89.9 Å². The molecule has 0 aromatic heterocycles. The summed E-state index contributed by atoms with van der Waals surface area (Å²) in [5.41, 5.74) is 0. The van der Waals surface area contributed by atoms with Crippen molar-refractivity contribution in [3.8, 4) is 0 Å². The molecule has 1 N–H and O–H groups in total. The molecule has 0 saturated heterocycles. The number of allylic oxidation sites excluding steroid dienone is 16. The first-order valence-corrected chi connectivity index (χ1v) is 22.5. The van der Waals surface area contributed by atoms with Crippen LogP contribution in [0.5, 0.6) is 0 Å². The van der Waals surface area contributed by atoms with Gasteiger partial charge in [0, 0.05) is 12.8 Å². The van der Waals surface area contributed by atoms with Gasteiger partial charge in [0.25, 0.3) is 0 Å². The number of phosphoric ester groups is 1. The van der Waals surface area contributed by atoms with Crippen LogP contribution in [-0.4, -0.2) is 74.9 Å². The van der Waals surface area contributed by atoms with E-state index in [1.807, 2.05) is 27.2 Å². The number of nitrogens with zero attached hydrogens (tertiary/aromatic N) is 1. The molecule has 9 nitrogen and oxygen atoms in total. The molecule has 1 unspecified atom stereocenters. The maximum atomic E-state index is 12.6. The fraction of sp³-hybridized carbons (Fsp3) is 0.609. The zero-order chi connectivity index (χ0) is 41.4. The van der Waals surface area contributed by atoms with Crippen LogP contribution in [0.15, 0.2) is 97.2 Å². The minimum atomic E-state index is -4.40. The molecule has 0 fully saturated rings. The predicted molar refractivity (Wildman–Crippen MR) is 233 cm³/mol. The fourth-order valence-corrected chi connectivity index (χ4v) is 5.56. The summed E-state index contributed by atoms with van der Waals surface area (Å²) in [5, 5.41) is 0. The Hall–Kier alpha value is -3.07. The van der Waals surface area contributed by atoms with Gasteiger partial charge in [0.1, 0.15) is 19.8 Å². The van der Waals surface area contributed by atoms with Crippen molar-refractivity contribution < 1.29 is 42.1 Å². The number of quaternary nitrogens is 1. The molecular weight excluding hydrogens is 725 g/mol. The van der Waals surface area contributed by atoms with E-state index >= 15 is 0 Å². The number of likely N-dealkylation sites (N-methyl/N-ethyl adjacent to an activating group) is 1. The van der Waals surface area contributed by atoms with Gasteiger partial charge in [-0.1, -0.05) is 124 Å². The van der Waals surface area contributed by atoms with Crippen LogP contribution in [0, 0.1) is 0 Å². The van der Waals surface area contributed by atoms with Crippen molar-refractivity contribution in [3.05, 3.63) is 97.2 Å². The summed E-state index contributed by atoms with van der Waals surface area (Å²) in [4.78, 5) is 35.3. The van der Waals surface area contributed by atoms with Crippen molar-refractivity contribution >= 4 is 19.8 Å². The fourth-order valence-electron chi connectivity index (χ4n) is 4.82. The van der Waals surface area contributed by atoms with Crippen LogP contribution in [0.1, 0.15) is 129 Å². The standard InChI is InChI=1S/C46H76NO8P/c1-6-8-10-12-14-16-18-20-22-23-25-27-29-31-33-35-37-39-46(49)55-44(43-54-56(50,51)53-41-40-47(3,4)5)42-52-45(48)38-36-34-32-30-28-26-24-21-19-17-15-13-11-9-7-2/h8,10,14-17,20-22,24-25,27-28,30-31,33,44H,6-7,9,11-13,18-19,23,26,29,32,34-43H2,1-5H3/p+1/b10-8+,16-14+,17-15+,22-20+,24-21+,27-25+,30-28+,33-31+/t44-/m1/s1. The van der Waals surface area contributed by atoms with Crippen molar-refractivity contribution in [1.29, 1.82) is 0 Å². The summed E-state index contributed by atoms with van der Waals surface area (Å²) in [5.74, 6) is -0.924. The monoisotopic (exact) mass is 803 g/mol. The van der Waals surface area contributed by atoms with Gasteiger partial charge in [-0.15, -0.1) is 0 Å². The van der Waals surface area contributed by atoms with Crippen molar-refractivity contribution in [2.45, 2.75) is 136 Å². The molecule has 0 saturated carbocycles. The zero-order valence-corrected chi connectivity index (χ0v) is 36.5. The van der Waals surface area contributed by atoms with E-state index in [2.05, 4.69) is 105 Å². The van der Waals surface area contributed by atoms with Crippen LogP contribution in [0.3, 0.4) is 0 Å². The van der Waals surface area contributed by atoms with Crippen LogP contribution >= 0.6 is 7.82 Å². The summed E-state index contributed by atoms with van der Waals surface area (Å²) in [6.07, 6.45) is 49.0. The van der Waals surface area contributed by atoms with Gasteiger partial charge >= 0.3 is 19.8 Å². The Morgan fingerprint density at radius 3 is 1.50 bits per heavy atom. The number of carbonyl (C=O) groups excluding carboxylic acids is 2. The highest BCUT2D eigenvalue weighted by Gasteiger charge is 2.27. The van der Waals surface area contributed by atoms with Crippen molar-refractivity contribution in [2.75, 3.05) is 47.5 Å². The van der Waals surface area contributed by atoms with Crippen LogP contribution in [0.2, 0.25) is 0 Å². The second-order valence-corrected chi connectivity index (χ2v) is 16.1. The molecule has 2 atom stereocenters. The van der Waals surface area contributed by atoms with Gasteiger partial charge in [-0.2, -0.15) is 0 Å². The zero-order valence-electron chi connectivity index (χ0n) is 35.6. The van der Waals surface area contributed by atoms with E-state index in [0.29, 0.717) is 30.3 Å². The minimum absolute atomic E-state index is 0.00919. The predicted octanol–water partition coefficient (Wildman–Crippen LogP) is 11.8. The second kappa shape index (κ2) is 37.5. The van der Waals surface area contributed by atoms with E-state index in [1.54, 1.807) is 0 Å². The third-order valence-electron chi connectivity index (χ3n) is 8.10. The minimum Gasteiger partial charge on any atom is -0.462 e. The molecule has 318 valence electrons. The van der Waals surface area contributed by atoms with E-state index < -0.39 is 32.5 Å². The third-order valence-corrected chi connectivity index (χ3v) is 9.08. The molecule has 0 amide bonds. The van der Waals surface area contributed by atoms with Crippen LogP contribution < -0.4 is 0 Å². The molecule has 0 aromatic carbocycles. The smallest absolute Gasteiger partial charge is 0.462 e. The van der Waals surface area contributed by atoms with Gasteiger partial charge in [0.05, 0.1) is 27.7 Å². The lowest BCUT2D eigenvalue weighted by molar-refractivity contribution is -0.870. The van der Waals surface area contributed by atoms with Crippen LogP contribution in [0.25, 0.3) is 0 Å². The average Bonchev–Trinajstić information content (AvgIpc) is 3.15. The number of unbranched alkanes of at least 4 members (excludes halogenated alkanes) is 6. The molecule has 0 spiro atoms. The number of phosphoric acid groups is 1. The maximum absolute atomic E-state index is 12.6. The molecule has 0 radical (unpaired) electrons. The Balaban J connectivity index is 4.59. The lowest BCUT2D eigenvalue weighted by Gasteiger charge is -2.24. The highest BCUT2D eigenvalue weighted by atomic mass is 31.2. The Kier molecular flexibility index (Phi) is 35.4. The first-order chi connectivity index (χ1) is 27.0. The van der Waals surface area contributed by atoms with Crippen molar-refractivity contribution in [1.82, 2.24) is 0 Å². The molecule has 10 heteroatoms. The van der Waals surface area contributed by atoms with Gasteiger partial charge in [0.15, 0.2) is 6.10 Å². The van der Waals surface area contributed by atoms with E-state index in [-0.39, 0.29) is 26.1 Å². The van der Waals surface area contributed by atoms with Crippen LogP contribution in [-0.2, 0) is 32.7 Å². The summed E-state index contributed by atoms with van der Waals surface area (Å²) in [7, 11) is 1.40. The highest BCUT2D eigenvalue weighted by Crippen LogP contribution is 2.43. The maximum Gasteiger partial charge on any atom is 0.472 e. The van der Waals surface area contributed by atoms with Crippen molar-refractivity contribution in [2.24, 2.45) is 0 Å². The lowest BCUT2D eigenvalue weighted by Crippen LogP contribution is -2.37. The molecule has 0 rings (SSSR count). The molecule has 0 bridgehead atoms. The summed E-state index contributed by atoms with van der Waals surface area (Å²) < 4.78 is 34.1. The topological polar surface area (TPSA) is 108 Å². The number of ether oxygens (including phenoxy) is 2. The first kappa shape index (κ1) is 52.9. The Bertz CT molecular complexity index is 1270. The van der Waals surface area contributed by atoms with E-state index in [0.717, 1.165) is 64.2 Å². The molecule has 0 heterocycles. The van der Waals surface area contributed by atoms with E-state index in [9.17, 15) is 19.0 Å². The van der Waals surface area contributed by atoms with Crippen LogP contribution in [0.4, 0.5) is 0 Å². The lowest BCUT2D eigenvalue weighted by atomic mass is 10.1. The molecule has 0 aliphatic rings. The number of rotatable bonds is 36. The van der Waals surface area contributed by atoms with E-state index in [1.165, 1.54) is 19.3 Å². The quantitative estimate of drug-likeness (QED) is 0.0219. The first-order valence-electron chi connectivity index (χ1n) is 21.0. The molecule has 56 heavy (non-hydrogen) atoms. The Labute approximate surface area is 341 Å². The summed E-state index contributed by atoms with van der Waals surface area (Å²) >= 11 is 0. The van der Waals surface area contributed by atoms with Crippen molar-refractivity contribution in [3.63, 3.8) is 0 Å². The normalized spacial score (nSPS) is 14.6. The SMILES string of the molecule is CC/C=C/C/C=C/C/C=C/C/C=C/C/C=C/CCCC(=O)O[C@H](COC(=O)CCCC/C=C/C/C=C/C/C=C/CCCCC)COP(=O)(O)OCC[N+](C)(C)C. The average molecular weight is 803 g/mol. The molecule has 0 aromatic rings. The summed E-state index contributed by atoms with van der Waals surface area (Å²) in [6.45, 7) is 4.13. The second-order valence-electron chi connectivity index (χ2n) is 14.6. The Morgan fingerprint density at radius 1 is 0.571 bits per heavy atom. The number of carbonyl (C=O) groups is 2. The number of hydrogen-bond donors (Lipinski definition) is 1. The highest BCUT2D eigenvalue weighted by molar-refractivity contribution is 7.47. The molecular formula is C46H77NO8P+. The van der Waals surface area contributed by atoms with E-state index in [4.69, 9.17) is 18.5 Å². The molecule has 0 aliphatic carbocycles.